The van der Waals surface area contributed by atoms with E-state index in [-0.39, 0.29) is 11.7 Å². The molecule has 0 saturated heterocycles. The highest BCUT2D eigenvalue weighted by molar-refractivity contribution is 7.99. The van der Waals surface area contributed by atoms with Crippen LogP contribution in [0.15, 0.2) is 93.5 Å². The summed E-state index contributed by atoms with van der Waals surface area (Å²) in [5, 5.41) is 9.83. The minimum Gasteiger partial charge on any atom is -0.464 e. The number of nitrogens with zero attached hydrogens (tertiary/aromatic N) is 2. The van der Waals surface area contributed by atoms with Gasteiger partial charge in [0.15, 0.2) is 0 Å². The standard InChI is InChI=1S/C27H18Cl2FN3O2S/c28-21-9-8-16(13-22(21)29)31-27(34)33-26(18-5-2-1-4-17(18)23-6-3-11-35-23)20-14-36-24-10-7-15(30)12-19(24)25(20)32-33/h1-13,20,26H,14H2,(H,31,34). The van der Waals surface area contributed by atoms with Crippen LogP contribution in [0.25, 0.3) is 11.3 Å². The van der Waals surface area contributed by atoms with Crippen LogP contribution >= 0.6 is 35.0 Å². The number of benzene rings is 3. The molecule has 4 aromatic rings. The Kier molecular flexibility index (Phi) is 5.99. The molecule has 2 aliphatic heterocycles. The van der Waals surface area contributed by atoms with Crippen molar-refractivity contribution in [3.63, 3.8) is 0 Å². The molecule has 5 nitrogen and oxygen atoms in total. The van der Waals surface area contributed by atoms with Crippen LogP contribution in [-0.4, -0.2) is 22.5 Å². The first-order chi connectivity index (χ1) is 17.5. The van der Waals surface area contributed by atoms with Crippen LogP contribution in [-0.2, 0) is 0 Å². The van der Waals surface area contributed by atoms with Crippen LogP contribution in [0.4, 0.5) is 14.9 Å². The zero-order valence-corrected chi connectivity index (χ0v) is 20.9. The number of fused-ring (bicyclic) bond motifs is 3. The molecule has 0 fully saturated rings. The maximum Gasteiger partial charge on any atom is 0.342 e. The van der Waals surface area contributed by atoms with Crippen molar-refractivity contribution in [3.05, 3.63) is 106 Å². The van der Waals surface area contributed by atoms with Crippen molar-refractivity contribution in [3.8, 4) is 11.3 Å². The van der Waals surface area contributed by atoms with Gasteiger partial charge < -0.3 is 9.73 Å². The van der Waals surface area contributed by atoms with Crippen LogP contribution in [0.5, 0.6) is 0 Å². The van der Waals surface area contributed by atoms with E-state index in [4.69, 9.17) is 32.7 Å². The molecule has 180 valence electrons. The van der Waals surface area contributed by atoms with Gasteiger partial charge in [0.25, 0.3) is 0 Å². The summed E-state index contributed by atoms with van der Waals surface area (Å²) in [4.78, 5) is 14.6. The summed E-state index contributed by atoms with van der Waals surface area (Å²) in [6.07, 6.45) is 1.62. The van der Waals surface area contributed by atoms with Crippen molar-refractivity contribution in [2.24, 2.45) is 11.0 Å². The SMILES string of the molecule is O=C(Nc1ccc(Cl)c(Cl)c1)N1N=C2c3cc(F)ccc3SCC2C1c1ccccc1-c1ccco1. The molecule has 2 atom stereocenters. The van der Waals surface area contributed by atoms with Crippen molar-refractivity contribution in [2.45, 2.75) is 10.9 Å². The van der Waals surface area contributed by atoms with Crippen LogP contribution in [0, 0.1) is 11.7 Å². The predicted molar refractivity (Wildman–Crippen MR) is 141 cm³/mol. The number of thioether (sulfide) groups is 1. The van der Waals surface area contributed by atoms with E-state index in [1.165, 1.54) is 17.1 Å². The number of urea groups is 1. The Labute approximate surface area is 220 Å². The summed E-state index contributed by atoms with van der Waals surface area (Å²) in [5.74, 6) is 0.883. The monoisotopic (exact) mass is 537 g/mol. The van der Waals surface area contributed by atoms with Gasteiger partial charge in [-0.1, -0.05) is 47.5 Å². The number of carbonyl (C=O) groups excluding carboxylic acids is 1. The van der Waals surface area contributed by atoms with E-state index in [9.17, 15) is 9.18 Å². The number of hydrogen-bond donors (Lipinski definition) is 1. The average molecular weight is 538 g/mol. The second-order valence-electron chi connectivity index (χ2n) is 8.46. The number of amides is 2. The molecular weight excluding hydrogens is 520 g/mol. The third kappa shape index (κ3) is 4.07. The fourth-order valence-electron chi connectivity index (χ4n) is 4.69. The smallest absolute Gasteiger partial charge is 0.342 e. The molecule has 2 unspecified atom stereocenters. The molecule has 1 aromatic heterocycles. The van der Waals surface area contributed by atoms with Crippen LogP contribution in [0.3, 0.4) is 0 Å². The molecular formula is C27H18Cl2FN3O2S. The topological polar surface area (TPSA) is 57.8 Å². The molecule has 3 aromatic carbocycles. The quantitative estimate of drug-likeness (QED) is 0.287. The molecule has 9 heteroatoms. The van der Waals surface area contributed by atoms with Crippen LogP contribution in [0.2, 0.25) is 10.0 Å². The van der Waals surface area contributed by atoms with Gasteiger partial charge in [-0.2, -0.15) is 5.10 Å². The normalized spacial score (nSPS) is 18.4. The molecule has 2 aliphatic rings. The lowest BCUT2D eigenvalue weighted by atomic mass is 9.85. The second kappa shape index (κ2) is 9.32. The molecule has 0 radical (unpaired) electrons. The molecule has 0 spiro atoms. The van der Waals surface area contributed by atoms with Gasteiger partial charge in [0.2, 0.25) is 0 Å². The van der Waals surface area contributed by atoms with Crippen molar-refractivity contribution in [2.75, 3.05) is 11.1 Å². The van der Waals surface area contributed by atoms with Gasteiger partial charge in [-0.05, 0) is 54.1 Å². The molecule has 2 amide bonds. The van der Waals surface area contributed by atoms with Crippen molar-refractivity contribution < 1.29 is 13.6 Å². The number of carbonyl (C=O) groups is 1. The Hall–Kier alpha value is -3.26. The molecule has 1 N–H and O–H groups in total. The molecule has 0 aliphatic carbocycles. The van der Waals surface area contributed by atoms with Crippen molar-refractivity contribution in [1.82, 2.24) is 5.01 Å². The van der Waals surface area contributed by atoms with Gasteiger partial charge in [0.05, 0.1) is 28.1 Å². The third-order valence-corrected chi connectivity index (χ3v) is 8.22. The second-order valence-corrected chi connectivity index (χ2v) is 10.3. The van der Waals surface area contributed by atoms with Crippen LogP contribution in [0.1, 0.15) is 17.2 Å². The first-order valence-electron chi connectivity index (χ1n) is 11.2. The van der Waals surface area contributed by atoms with E-state index in [0.717, 1.165) is 16.0 Å². The highest BCUT2D eigenvalue weighted by Crippen LogP contribution is 2.47. The minimum atomic E-state index is -0.437. The minimum absolute atomic E-state index is 0.153. The number of halogens is 3. The van der Waals surface area contributed by atoms with Gasteiger partial charge in [-0.25, -0.2) is 14.2 Å². The number of hydrogen-bond acceptors (Lipinski definition) is 4. The third-order valence-electron chi connectivity index (χ3n) is 6.29. The lowest BCUT2D eigenvalue weighted by molar-refractivity contribution is 0.192. The summed E-state index contributed by atoms with van der Waals surface area (Å²) in [6, 6.07) is 20.2. The lowest BCUT2D eigenvalue weighted by Gasteiger charge is -2.30. The van der Waals surface area contributed by atoms with Gasteiger partial charge in [-0.15, -0.1) is 11.8 Å². The Bertz CT molecular complexity index is 1510. The Morgan fingerprint density at radius 2 is 1.89 bits per heavy atom. The van der Waals surface area contributed by atoms with E-state index in [2.05, 4.69) is 5.32 Å². The zero-order valence-electron chi connectivity index (χ0n) is 18.6. The van der Waals surface area contributed by atoms with Gasteiger partial charge in [0, 0.05) is 33.4 Å². The first kappa shape index (κ1) is 23.2. The van der Waals surface area contributed by atoms with Gasteiger partial charge in [0.1, 0.15) is 11.6 Å². The number of rotatable bonds is 3. The average Bonchev–Trinajstić information content (AvgIpc) is 3.55. The lowest BCUT2D eigenvalue weighted by Crippen LogP contribution is -2.35. The Morgan fingerprint density at radius 1 is 1.03 bits per heavy atom. The number of furan rings is 1. The summed E-state index contributed by atoms with van der Waals surface area (Å²) >= 11 is 13.8. The summed E-state index contributed by atoms with van der Waals surface area (Å²) in [5.41, 5.74) is 3.64. The summed E-state index contributed by atoms with van der Waals surface area (Å²) in [6.45, 7) is 0. The zero-order chi connectivity index (χ0) is 24.8. The fourth-order valence-corrected chi connectivity index (χ4v) is 6.17. The van der Waals surface area contributed by atoms with E-state index >= 15 is 0 Å². The molecule has 36 heavy (non-hydrogen) atoms. The molecule has 3 heterocycles. The first-order valence-corrected chi connectivity index (χ1v) is 12.9. The molecule has 6 rings (SSSR count). The fraction of sp³-hybridized carbons (Fsp3) is 0.111. The van der Waals surface area contributed by atoms with Crippen molar-refractivity contribution in [1.29, 1.82) is 0 Å². The maximum absolute atomic E-state index is 14.2. The Morgan fingerprint density at radius 3 is 2.69 bits per heavy atom. The van der Waals surface area contributed by atoms with Crippen LogP contribution < -0.4 is 5.32 Å². The largest absolute Gasteiger partial charge is 0.464 e. The predicted octanol–water partition coefficient (Wildman–Crippen LogP) is 8.11. The highest BCUT2D eigenvalue weighted by Gasteiger charge is 2.45. The summed E-state index contributed by atoms with van der Waals surface area (Å²) in [7, 11) is 0. The van der Waals surface area contributed by atoms with Gasteiger partial charge in [-0.3, -0.25) is 0 Å². The maximum atomic E-state index is 14.2. The van der Waals surface area contributed by atoms with E-state index in [0.29, 0.717) is 38.5 Å². The Balaban J connectivity index is 1.45. The summed E-state index contributed by atoms with van der Waals surface area (Å²) < 4.78 is 19.9. The van der Waals surface area contributed by atoms with E-state index in [1.54, 1.807) is 42.3 Å². The van der Waals surface area contributed by atoms with E-state index in [1.807, 2.05) is 36.4 Å². The van der Waals surface area contributed by atoms with E-state index < -0.39 is 12.1 Å². The molecule has 0 bridgehead atoms. The number of hydrazone groups is 1. The van der Waals surface area contributed by atoms with Gasteiger partial charge >= 0.3 is 6.03 Å². The molecule has 0 saturated carbocycles. The highest BCUT2D eigenvalue weighted by atomic mass is 35.5. The van der Waals surface area contributed by atoms with Crippen molar-refractivity contribution >= 4 is 52.4 Å². The number of anilines is 1. The number of nitrogens with one attached hydrogen (secondary N) is 1.